The molecule has 0 saturated heterocycles. The first kappa shape index (κ1) is 22.1. The van der Waals surface area contributed by atoms with Crippen molar-refractivity contribution in [1.29, 1.82) is 0 Å². The maximum Gasteiger partial charge on any atom is 0.253 e. The van der Waals surface area contributed by atoms with Crippen LogP contribution in [0, 0.1) is 0 Å². The van der Waals surface area contributed by atoms with Gasteiger partial charge in [-0.15, -0.1) is 0 Å². The Kier molecular flexibility index (Phi) is 8.05. The van der Waals surface area contributed by atoms with E-state index in [-0.39, 0.29) is 60.6 Å². The number of carbonyl (C=O) groups excluding carboxylic acids is 2. The minimum absolute atomic E-state index is 0.0599. The average Bonchev–Trinajstić information content (AvgIpc) is 2.73. The largest absolute Gasteiger partial charge is 0.370 e. The molecule has 0 saturated carbocycles. The van der Waals surface area contributed by atoms with Gasteiger partial charge in [0.1, 0.15) is 11.4 Å². The number of carbonyl (C=O) groups is 2. The molecule has 2 amide bonds. The Hall–Kier alpha value is -4.22. The number of nitrogens with zero attached hydrogens (tertiary/aromatic N) is 4. The molecular formula is C18H24N10O2. The molecule has 2 heterocycles. The fourth-order valence-electron chi connectivity index (χ4n) is 2.45. The van der Waals surface area contributed by atoms with E-state index in [4.69, 9.17) is 22.9 Å². The molecule has 2 aromatic rings. The van der Waals surface area contributed by atoms with Gasteiger partial charge in [-0.1, -0.05) is 0 Å². The van der Waals surface area contributed by atoms with Crippen molar-refractivity contribution >= 4 is 23.7 Å². The predicted octanol–water partition coefficient (Wildman–Crippen LogP) is -1.85. The molecule has 2 rings (SSSR count). The van der Waals surface area contributed by atoms with Crippen LogP contribution in [-0.2, 0) is 0 Å². The number of nitrogens with two attached hydrogens (primary N) is 4. The predicted molar refractivity (Wildman–Crippen MR) is 113 cm³/mol. The Morgan fingerprint density at radius 3 is 1.53 bits per heavy atom. The summed E-state index contributed by atoms with van der Waals surface area (Å²) in [5.41, 5.74) is 22.1. The number of amides is 2. The molecular weight excluding hydrogens is 388 g/mol. The van der Waals surface area contributed by atoms with Crippen molar-refractivity contribution in [2.75, 3.05) is 26.2 Å². The Balaban J connectivity index is 2.22. The first-order chi connectivity index (χ1) is 14.4. The molecule has 0 unspecified atom stereocenters. The quantitative estimate of drug-likeness (QED) is 0.156. The minimum atomic E-state index is -0.395. The second-order valence-electron chi connectivity index (χ2n) is 5.92. The minimum Gasteiger partial charge on any atom is -0.370 e. The lowest BCUT2D eigenvalue weighted by Gasteiger charge is -2.12. The second kappa shape index (κ2) is 10.9. The molecule has 12 nitrogen and oxygen atoms in total. The molecule has 0 bridgehead atoms. The molecule has 0 atom stereocenters. The maximum atomic E-state index is 12.6. The van der Waals surface area contributed by atoms with E-state index < -0.39 is 11.8 Å². The number of rotatable bonds is 9. The van der Waals surface area contributed by atoms with Gasteiger partial charge in [-0.25, -0.2) is 0 Å². The lowest BCUT2D eigenvalue weighted by Crippen LogP contribution is -2.30. The third-order valence-corrected chi connectivity index (χ3v) is 3.71. The van der Waals surface area contributed by atoms with Crippen LogP contribution in [0.4, 0.5) is 0 Å². The Morgan fingerprint density at radius 2 is 1.17 bits per heavy atom. The zero-order valence-electron chi connectivity index (χ0n) is 16.2. The highest BCUT2D eigenvalue weighted by molar-refractivity contribution is 6.04. The molecule has 0 spiro atoms. The Bertz CT molecular complexity index is 872. The number of pyridine rings is 2. The van der Waals surface area contributed by atoms with Gasteiger partial charge >= 0.3 is 0 Å². The van der Waals surface area contributed by atoms with Crippen LogP contribution in [-0.4, -0.2) is 59.9 Å². The van der Waals surface area contributed by atoms with E-state index in [0.717, 1.165) is 0 Å². The van der Waals surface area contributed by atoms with Crippen LogP contribution in [0.25, 0.3) is 11.4 Å². The normalized spacial score (nSPS) is 10.0. The fraction of sp³-hybridized carbons (Fsp3) is 0.222. The van der Waals surface area contributed by atoms with Gasteiger partial charge in [-0.05, 0) is 24.3 Å². The molecule has 12 heteroatoms. The number of nitrogens with one attached hydrogen (secondary N) is 2. The van der Waals surface area contributed by atoms with Gasteiger partial charge in [-0.2, -0.15) is 0 Å². The van der Waals surface area contributed by atoms with Gasteiger partial charge in [0.05, 0.1) is 24.2 Å². The molecule has 0 aliphatic rings. The van der Waals surface area contributed by atoms with Gasteiger partial charge in [-0.3, -0.25) is 29.5 Å². The SMILES string of the molecule is NC(N)=NCCNC(=O)c1cccnc1-c1ncccc1C(=O)NCCN=C(N)N. The van der Waals surface area contributed by atoms with E-state index >= 15 is 0 Å². The van der Waals surface area contributed by atoms with E-state index in [2.05, 4.69) is 30.6 Å². The second-order valence-corrected chi connectivity index (χ2v) is 5.92. The van der Waals surface area contributed by atoms with Crippen molar-refractivity contribution in [3.8, 4) is 11.4 Å². The summed E-state index contributed by atoms with van der Waals surface area (Å²) < 4.78 is 0. The summed E-state index contributed by atoms with van der Waals surface area (Å²) in [7, 11) is 0. The molecule has 0 fully saturated rings. The van der Waals surface area contributed by atoms with Crippen LogP contribution in [0.3, 0.4) is 0 Å². The van der Waals surface area contributed by atoms with Crippen molar-refractivity contribution in [3.05, 3.63) is 47.8 Å². The molecule has 0 radical (unpaired) electrons. The van der Waals surface area contributed by atoms with Gasteiger partial charge in [0.15, 0.2) is 11.9 Å². The van der Waals surface area contributed by atoms with E-state index in [1.165, 1.54) is 12.4 Å². The fourth-order valence-corrected chi connectivity index (χ4v) is 2.45. The molecule has 30 heavy (non-hydrogen) atoms. The number of aliphatic imine (C=N–C) groups is 2. The van der Waals surface area contributed by atoms with Crippen LogP contribution in [0.2, 0.25) is 0 Å². The summed E-state index contributed by atoms with van der Waals surface area (Å²) >= 11 is 0. The highest BCUT2D eigenvalue weighted by Gasteiger charge is 2.20. The van der Waals surface area contributed by atoms with E-state index in [9.17, 15) is 9.59 Å². The van der Waals surface area contributed by atoms with Gasteiger partial charge < -0.3 is 33.6 Å². The summed E-state index contributed by atoms with van der Waals surface area (Å²) in [4.78, 5) is 41.4. The van der Waals surface area contributed by atoms with Gasteiger partial charge in [0.2, 0.25) is 0 Å². The van der Waals surface area contributed by atoms with Gasteiger partial charge in [0.25, 0.3) is 11.8 Å². The average molecular weight is 412 g/mol. The first-order valence-corrected chi connectivity index (χ1v) is 8.97. The van der Waals surface area contributed by atoms with Crippen LogP contribution in [0.5, 0.6) is 0 Å². The number of aromatic nitrogens is 2. The van der Waals surface area contributed by atoms with Crippen molar-refractivity contribution in [2.24, 2.45) is 32.9 Å². The van der Waals surface area contributed by atoms with Crippen LogP contribution < -0.4 is 33.6 Å². The summed E-state index contributed by atoms with van der Waals surface area (Å²) in [5, 5.41) is 5.40. The van der Waals surface area contributed by atoms with Crippen molar-refractivity contribution < 1.29 is 9.59 Å². The highest BCUT2D eigenvalue weighted by atomic mass is 16.2. The zero-order valence-corrected chi connectivity index (χ0v) is 16.2. The van der Waals surface area contributed by atoms with E-state index in [0.29, 0.717) is 0 Å². The monoisotopic (exact) mass is 412 g/mol. The topological polar surface area (TPSA) is 213 Å². The zero-order chi connectivity index (χ0) is 21.9. The molecule has 0 aromatic carbocycles. The maximum absolute atomic E-state index is 12.6. The van der Waals surface area contributed by atoms with Crippen molar-refractivity contribution in [3.63, 3.8) is 0 Å². The highest BCUT2D eigenvalue weighted by Crippen LogP contribution is 2.22. The molecule has 0 aliphatic heterocycles. The van der Waals surface area contributed by atoms with Crippen LogP contribution in [0.1, 0.15) is 20.7 Å². The smallest absolute Gasteiger partial charge is 0.253 e. The lowest BCUT2D eigenvalue weighted by molar-refractivity contribution is 0.0945. The third-order valence-electron chi connectivity index (χ3n) is 3.71. The molecule has 0 aliphatic carbocycles. The summed E-state index contributed by atoms with van der Waals surface area (Å²) in [6.07, 6.45) is 3.03. The standard InChI is InChI=1S/C18H24N10O2/c19-17(20)27-9-7-25-15(29)11-3-1-5-23-13(11)14-12(4-2-6-24-14)16(30)26-8-10-28-18(21)22/h1-6H,7-10H2,(H,25,29)(H,26,30)(H4,19,20,27)(H4,21,22,28). The molecule has 2 aromatic heterocycles. The summed E-state index contributed by atoms with van der Waals surface area (Å²) in [5.74, 6) is -0.909. The van der Waals surface area contributed by atoms with Crippen LogP contribution in [0.15, 0.2) is 46.6 Å². The Morgan fingerprint density at radius 1 is 0.767 bits per heavy atom. The summed E-state index contributed by atoms with van der Waals surface area (Å²) in [6, 6.07) is 6.42. The van der Waals surface area contributed by atoms with E-state index in [1.54, 1.807) is 24.3 Å². The van der Waals surface area contributed by atoms with E-state index in [1.807, 2.05) is 0 Å². The molecule has 158 valence electrons. The van der Waals surface area contributed by atoms with Crippen molar-refractivity contribution in [1.82, 2.24) is 20.6 Å². The van der Waals surface area contributed by atoms with Gasteiger partial charge in [0, 0.05) is 25.5 Å². The number of hydrogen-bond acceptors (Lipinski definition) is 6. The number of hydrogen-bond donors (Lipinski definition) is 6. The Labute approximate surface area is 172 Å². The first-order valence-electron chi connectivity index (χ1n) is 8.97. The molecule has 10 N–H and O–H groups in total. The van der Waals surface area contributed by atoms with Crippen molar-refractivity contribution in [2.45, 2.75) is 0 Å². The third kappa shape index (κ3) is 6.44. The van der Waals surface area contributed by atoms with Crippen LogP contribution >= 0.6 is 0 Å². The lowest BCUT2D eigenvalue weighted by atomic mass is 10.0. The number of guanidine groups is 2. The summed E-state index contributed by atoms with van der Waals surface area (Å²) in [6.45, 7) is 0.921.